The Morgan fingerprint density at radius 3 is 2.85 bits per heavy atom. The molecule has 0 saturated carbocycles. The molecule has 0 aliphatic rings. The molecule has 0 aliphatic carbocycles. The number of hydrogen-bond donors (Lipinski definition) is 1. The smallest absolute Gasteiger partial charge is 0.149 e. The molecule has 2 heterocycles. The second-order valence-electron chi connectivity index (χ2n) is 4.83. The summed E-state index contributed by atoms with van der Waals surface area (Å²) in [5.74, 6) is 0.450. The first kappa shape index (κ1) is 12.7. The summed E-state index contributed by atoms with van der Waals surface area (Å²) < 4.78 is 14.9. The molecule has 0 spiro atoms. The molecule has 0 unspecified atom stereocenters. The van der Waals surface area contributed by atoms with Gasteiger partial charge in [-0.2, -0.15) is 0 Å². The number of nitrogens with one attached hydrogen (secondary N) is 1. The van der Waals surface area contributed by atoms with Crippen LogP contribution in [0.25, 0.3) is 5.65 Å². The second kappa shape index (κ2) is 4.96. The summed E-state index contributed by atoms with van der Waals surface area (Å²) in [6.07, 6.45) is 4.17. The van der Waals surface area contributed by atoms with Gasteiger partial charge in [0.15, 0.2) is 0 Å². The van der Waals surface area contributed by atoms with E-state index in [0.29, 0.717) is 0 Å². The number of aryl methyl sites for hydroxylation is 2. The molecule has 0 aliphatic heterocycles. The Morgan fingerprint density at radius 1 is 1.20 bits per heavy atom. The summed E-state index contributed by atoms with van der Waals surface area (Å²) in [5.41, 5.74) is 4.22. The van der Waals surface area contributed by atoms with Gasteiger partial charge in [0.25, 0.3) is 0 Å². The Kier molecular flexibility index (Phi) is 3.14. The standard InChI is InChI=1S/C16H16FN3/c1-3-12-6-4-5-11(2)16(12)19-14-10-20-9-13(17)7-8-15(20)18-14/h4-10,19H,3H2,1-2H3. The molecule has 3 rings (SSSR count). The van der Waals surface area contributed by atoms with Gasteiger partial charge in [-0.15, -0.1) is 0 Å². The van der Waals surface area contributed by atoms with Crippen LogP contribution in [0.15, 0.2) is 42.7 Å². The fourth-order valence-electron chi connectivity index (χ4n) is 2.35. The van der Waals surface area contributed by atoms with Gasteiger partial charge in [0.1, 0.15) is 17.3 Å². The molecular weight excluding hydrogens is 253 g/mol. The number of anilines is 2. The molecule has 2 aromatic heterocycles. The van der Waals surface area contributed by atoms with E-state index in [4.69, 9.17) is 0 Å². The molecule has 1 aromatic carbocycles. The van der Waals surface area contributed by atoms with Crippen LogP contribution in [-0.4, -0.2) is 9.38 Å². The number of halogens is 1. The van der Waals surface area contributed by atoms with Crippen LogP contribution in [-0.2, 0) is 6.42 Å². The lowest BCUT2D eigenvalue weighted by Gasteiger charge is -2.11. The van der Waals surface area contributed by atoms with Crippen LogP contribution in [0, 0.1) is 12.7 Å². The third kappa shape index (κ3) is 2.25. The first-order chi connectivity index (χ1) is 9.67. The van der Waals surface area contributed by atoms with Gasteiger partial charge in [-0.05, 0) is 36.6 Å². The Balaban J connectivity index is 2.01. The number of hydrogen-bond acceptors (Lipinski definition) is 2. The average Bonchev–Trinajstić information content (AvgIpc) is 2.82. The zero-order chi connectivity index (χ0) is 14.1. The normalized spacial score (nSPS) is 10.9. The van der Waals surface area contributed by atoms with E-state index in [1.54, 1.807) is 16.7 Å². The molecule has 4 heteroatoms. The number of imidazole rings is 1. The minimum atomic E-state index is -0.272. The first-order valence-electron chi connectivity index (χ1n) is 6.67. The summed E-state index contributed by atoms with van der Waals surface area (Å²) in [7, 11) is 0. The van der Waals surface area contributed by atoms with Crippen molar-refractivity contribution in [3.05, 3.63) is 59.7 Å². The van der Waals surface area contributed by atoms with E-state index in [1.165, 1.54) is 23.4 Å². The highest BCUT2D eigenvalue weighted by molar-refractivity contribution is 5.66. The fourth-order valence-corrected chi connectivity index (χ4v) is 2.35. The molecule has 3 nitrogen and oxygen atoms in total. The number of benzene rings is 1. The van der Waals surface area contributed by atoms with Crippen molar-refractivity contribution >= 4 is 17.2 Å². The van der Waals surface area contributed by atoms with Gasteiger partial charge in [0, 0.05) is 11.9 Å². The average molecular weight is 269 g/mol. The highest BCUT2D eigenvalue weighted by Crippen LogP contribution is 2.25. The van der Waals surface area contributed by atoms with Gasteiger partial charge in [0.05, 0.1) is 6.20 Å². The summed E-state index contributed by atoms with van der Waals surface area (Å²) >= 11 is 0. The molecule has 102 valence electrons. The van der Waals surface area contributed by atoms with Crippen molar-refractivity contribution in [2.45, 2.75) is 20.3 Å². The quantitative estimate of drug-likeness (QED) is 0.776. The zero-order valence-electron chi connectivity index (χ0n) is 11.5. The lowest BCUT2D eigenvalue weighted by atomic mass is 10.1. The maximum atomic E-state index is 13.2. The van der Waals surface area contributed by atoms with Gasteiger partial charge in [0.2, 0.25) is 0 Å². The van der Waals surface area contributed by atoms with E-state index in [1.807, 2.05) is 0 Å². The van der Waals surface area contributed by atoms with Crippen molar-refractivity contribution in [3.8, 4) is 0 Å². The predicted octanol–water partition coefficient (Wildman–Crippen LogP) is 4.09. The minimum absolute atomic E-state index is 0.272. The number of rotatable bonds is 3. The van der Waals surface area contributed by atoms with E-state index in [0.717, 1.165) is 23.6 Å². The predicted molar refractivity (Wildman–Crippen MR) is 79.0 cm³/mol. The molecule has 0 bridgehead atoms. The monoisotopic (exact) mass is 269 g/mol. The van der Waals surface area contributed by atoms with Crippen LogP contribution in [0.2, 0.25) is 0 Å². The number of fused-ring (bicyclic) bond motifs is 1. The third-order valence-electron chi connectivity index (χ3n) is 3.41. The van der Waals surface area contributed by atoms with E-state index in [9.17, 15) is 4.39 Å². The van der Waals surface area contributed by atoms with Gasteiger partial charge in [-0.25, -0.2) is 9.37 Å². The van der Waals surface area contributed by atoms with Crippen molar-refractivity contribution < 1.29 is 4.39 Å². The van der Waals surface area contributed by atoms with Gasteiger partial charge in [-0.3, -0.25) is 0 Å². The van der Waals surface area contributed by atoms with Crippen molar-refractivity contribution in [2.24, 2.45) is 0 Å². The third-order valence-corrected chi connectivity index (χ3v) is 3.41. The van der Waals surface area contributed by atoms with Gasteiger partial charge >= 0.3 is 0 Å². The van der Waals surface area contributed by atoms with Crippen molar-refractivity contribution in [1.82, 2.24) is 9.38 Å². The Bertz CT molecular complexity index is 762. The van der Waals surface area contributed by atoms with Crippen molar-refractivity contribution in [2.75, 3.05) is 5.32 Å². The number of nitrogens with zero attached hydrogens (tertiary/aromatic N) is 2. The molecule has 0 fully saturated rings. The molecule has 0 radical (unpaired) electrons. The molecule has 0 saturated heterocycles. The second-order valence-corrected chi connectivity index (χ2v) is 4.83. The largest absolute Gasteiger partial charge is 0.338 e. The molecule has 3 aromatic rings. The van der Waals surface area contributed by atoms with Crippen molar-refractivity contribution in [1.29, 1.82) is 0 Å². The van der Waals surface area contributed by atoms with Crippen LogP contribution in [0.1, 0.15) is 18.1 Å². The minimum Gasteiger partial charge on any atom is -0.338 e. The molecule has 1 N–H and O–H groups in total. The van der Waals surface area contributed by atoms with E-state index >= 15 is 0 Å². The van der Waals surface area contributed by atoms with E-state index in [-0.39, 0.29) is 5.82 Å². The molecule has 0 atom stereocenters. The van der Waals surface area contributed by atoms with Crippen molar-refractivity contribution in [3.63, 3.8) is 0 Å². The molecule has 20 heavy (non-hydrogen) atoms. The Morgan fingerprint density at radius 2 is 2.05 bits per heavy atom. The maximum absolute atomic E-state index is 13.2. The summed E-state index contributed by atoms with van der Waals surface area (Å²) in [4.78, 5) is 4.45. The molecular formula is C16H16FN3. The SMILES string of the molecule is CCc1cccc(C)c1Nc1cn2cc(F)ccc2n1. The van der Waals surface area contributed by atoms with Crippen LogP contribution < -0.4 is 5.32 Å². The summed E-state index contributed by atoms with van der Waals surface area (Å²) in [6, 6.07) is 9.30. The fraction of sp³-hybridized carbons (Fsp3) is 0.188. The summed E-state index contributed by atoms with van der Waals surface area (Å²) in [6.45, 7) is 4.19. The zero-order valence-corrected chi connectivity index (χ0v) is 11.5. The van der Waals surface area contributed by atoms with Crippen LogP contribution >= 0.6 is 0 Å². The maximum Gasteiger partial charge on any atom is 0.149 e. The highest BCUT2D eigenvalue weighted by Gasteiger charge is 2.07. The van der Waals surface area contributed by atoms with Crippen LogP contribution in [0.3, 0.4) is 0 Å². The van der Waals surface area contributed by atoms with E-state index in [2.05, 4.69) is 42.3 Å². The molecule has 0 amide bonds. The Hall–Kier alpha value is -2.36. The van der Waals surface area contributed by atoms with Crippen LogP contribution in [0.4, 0.5) is 15.9 Å². The lowest BCUT2D eigenvalue weighted by molar-refractivity contribution is 0.619. The highest BCUT2D eigenvalue weighted by atomic mass is 19.1. The van der Waals surface area contributed by atoms with E-state index < -0.39 is 0 Å². The lowest BCUT2D eigenvalue weighted by Crippen LogP contribution is -1.98. The number of aromatic nitrogens is 2. The van der Waals surface area contributed by atoms with Crippen LogP contribution in [0.5, 0.6) is 0 Å². The van der Waals surface area contributed by atoms with Gasteiger partial charge < -0.3 is 9.72 Å². The number of para-hydroxylation sites is 1. The van der Waals surface area contributed by atoms with Gasteiger partial charge in [-0.1, -0.05) is 25.1 Å². The first-order valence-corrected chi connectivity index (χ1v) is 6.67. The topological polar surface area (TPSA) is 29.3 Å². The number of pyridine rings is 1. The Labute approximate surface area is 117 Å². The summed E-state index contributed by atoms with van der Waals surface area (Å²) in [5, 5.41) is 3.35.